The number of carbonyl (C=O) groups is 1. The lowest BCUT2D eigenvalue weighted by Gasteiger charge is -2.17. The summed E-state index contributed by atoms with van der Waals surface area (Å²) in [6, 6.07) is 13.6. The third-order valence-corrected chi connectivity index (χ3v) is 5.87. The molecule has 0 bridgehead atoms. The molecule has 0 aliphatic heterocycles. The molecule has 0 radical (unpaired) electrons. The largest absolute Gasteiger partial charge is 0.457 e. The van der Waals surface area contributed by atoms with Gasteiger partial charge in [0, 0.05) is 12.1 Å². The molecule has 0 N–H and O–H groups in total. The summed E-state index contributed by atoms with van der Waals surface area (Å²) in [4.78, 5) is 16.3. The lowest BCUT2D eigenvalue weighted by atomic mass is 10.1. The minimum absolute atomic E-state index is 0.0723. The molecule has 176 valence electrons. The molecular weight excluding hydrogens is 550 g/mol. The SMILES string of the molecule is CN(O[SH](=O)=O)c1ccc(Oc2ccc(Cl)cc2)cc1C(=O)N=[N+]=Nc1cc(Cl)c(Cl)c(Cl)c1. The van der Waals surface area contributed by atoms with Crippen LogP contribution in [-0.4, -0.2) is 21.4 Å². The number of thiol groups is 1. The van der Waals surface area contributed by atoms with Crippen LogP contribution in [0.5, 0.6) is 11.5 Å². The highest BCUT2D eigenvalue weighted by Crippen LogP contribution is 2.34. The van der Waals surface area contributed by atoms with Crippen molar-refractivity contribution in [1.29, 1.82) is 0 Å². The van der Waals surface area contributed by atoms with Crippen LogP contribution in [-0.2, 0) is 15.3 Å². The van der Waals surface area contributed by atoms with Crippen molar-refractivity contribution in [3.8, 4) is 11.5 Å². The fourth-order valence-corrected chi connectivity index (χ4v) is 3.57. The van der Waals surface area contributed by atoms with E-state index in [1.54, 1.807) is 24.3 Å². The highest BCUT2D eigenvalue weighted by molar-refractivity contribution is 7.67. The Labute approximate surface area is 215 Å². The van der Waals surface area contributed by atoms with E-state index in [9.17, 15) is 13.2 Å². The molecule has 0 atom stereocenters. The Balaban J connectivity index is 1.95. The molecule has 9 nitrogen and oxygen atoms in total. The van der Waals surface area contributed by atoms with Crippen molar-refractivity contribution >= 4 is 74.7 Å². The Bertz CT molecular complexity index is 1340. The third-order valence-electron chi connectivity index (χ3n) is 4.04. The van der Waals surface area contributed by atoms with Gasteiger partial charge in [-0.05, 0) is 54.6 Å². The standard InChI is InChI=1S/C20H13Cl4N4O5S/c1-28(33-34(30)31)18-7-6-14(32-13-4-2-11(21)3-5-13)10-15(18)20(29)26-27-25-12-8-16(22)19(24)17(23)9-12/h2-10,34H,1H3/q+1. The van der Waals surface area contributed by atoms with Crippen LogP contribution < -0.4 is 14.7 Å². The van der Waals surface area contributed by atoms with Crippen molar-refractivity contribution in [3.63, 3.8) is 0 Å². The Hall–Kier alpha value is -2.69. The molecule has 3 aromatic rings. The highest BCUT2D eigenvalue weighted by Gasteiger charge is 2.21. The topological polar surface area (TPSA) is 112 Å². The summed E-state index contributed by atoms with van der Waals surface area (Å²) in [5, 5.41) is 9.18. The zero-order valence-corrected chi connectivity index (χ0v) is 20.9. The van der Waals surface area contributed by atoms with E-state index in [1.807, 2.05) is 0 Å². The number of hydrogen-bond donors (Lipinski definition) is 1. The second-order valence-electron chi connectivity index (χ2n) is 6.36. The molecule has 0 spiro atoms. The fraction of sp³-hybridized carbons (Fsp3) is 0.0500. The van der Waals surface area contributed by atoms with E-state index in [0.29, 0.717) is 10.8 Å². The second kappa shape index (κ2) is 11.6. The molecule has 3 aromatic carbocycles. The number of rotatable bonds is 7. The number of carbonyl (C=O) groups excluding carboxylic acids is 1. The van der Waals surface area contributed by atoms with Crippen molar-refractivity contribution in [1.82, 2.24) is 4.91 Å². The Morgan fingerprint density at radius 1 is 0.941 bits per heavy atom. The monoisotopic (exact) mass is 561 g/mol. The molecule has 34 heavy (non-hydrogen) atoms. The van der Waals surface area contributed by atoms with Crippen LogP contribution in [0.1, 0.15) is 10.4 Å². The lowest BCUT2D eigenvalue weighted by Crippen LogP contribution is -2.19. The molecule has 0 saturated heterocycles. The molecule has 0 aromatic heterocycles. The Kier molecular flexibility index (Phi) is 8.87. The zero-order chi connectivity index (χ0) is 24.8. The predicted octanol–water partition coefficient (Wildman–Crippen LogP) is 6.43. The van der Waals surface area contributed by atoms with Crippen molar-refractivity contribution in [2.24, 2.45) is 10.2 Å². The summed E-state index contributed by atoms with van der Waals surface area (Å²) >= 11 is 23.6. The van der Waals surface area contributed by atoms with Gasteiger partial charge < -0.3 is 4.74 Å². The summed E-state index contributed by atoms with van der Waals surface area (Å²) < 4.78 is 32.3. The van der Waals surface area contributed by atoms with Gasteiger partial charge in [-0.25, -0.2) is 13.5 Å². The van der Waals surface area contributed by atoms with Gasteiger partial charge in [-0.1, -0.05) is 46.4 Å². The first-order valence-electron chi connectivity index (χ1n) is 9.08. The summed E-state index contributed by atoms with van der Waals surface area (Å²) in [6.45, 7) is 0. The van der Waals surface area contributed by atoms with E-state index in [1.165, 1.54) is 37.4 Å². The summed E-state index contributed by atoms with van der Waals surface area (Å²) in [6.07, 6.45) is 0. The van der Waals surface area contributed by atoms with Gasteiger partial charge in [0.05, 0.1) is 26.3 Å². The van der Waals surface area contributed by atoms with Crippen LogP contribution in [0.3, 0.4) is 0 Å². The van der Waals surface area contributed by atoms with E-state index in [2.05, 4.69) is 19.4 Å². The number of halogens is 4. The van der Waals surface area contributed by atoms with Crippen molar-refractivity contribution in [3.05, 3.63) is 80.3 Å². The van der Waals surface area contributed by atoms with Crippen molar-refractivity contribution in [2.75, 3.05) is 12.1 Å². The number of anilines is 1. The smallest absolute Gasteiger partial charge is 0.363 e. The van der Waals surface area contributed by atoms with Gasteiger partial charge in [-0.2, -0.15) is 4.28 Å². The predicted molar refractivity (Wildman–Crippen MR) is 130 cm³/mol. The van der Waals surface area contributed by atoms with Gasteiger partial charge in [0.2, 0.25) is 10.0 Å². The molecule has 0 unspecified atom stereocenters. The van der Waals surface area contributed by atoms with Gasteiger partial charge in [-0.3, -0.25) is 4.79 Å². The number of hydrogen-bond acceptors (Lipinski definition) is 7. The molecule has 14 heteroatoms. The first-order chi connectivity index (χ1) is 16.1. The summed E-state index contributed by atoms with van der Waals surface area (Å²) in [5.74, 6) is -0.142. The molecule has 0 aliphatic carbocycles. The quantitative estimate of drug-likeness (QED) is 0.117. The van der Waals surface area contributed by atoms with Crippen LogP contribution in [0.25, 0.3) is 0 Å². The average Bonchev–Trinajstić information content (AvgIpc) is 2.78. The molecule has 1 amide bonds. The molecule has 3 rings (SSSR count). The molecule has 0 aliphatic rings. The molecular formula is C20H13Cl4N4O5S+. The first kappa shape index (κ1) is 25.9. The minimum atomic E-state index is -3.23. The minimum Gasteiger partial charge on any atom is -0.457 e. The van der Waals surface area contributed by atoms with E-state index in [-0.39, 0.29) is 37.8 Å². The number of nitrogens with zero attached hydrogens (tertiary/aromatic N) is 4. The maximum Gasteiger partial charge on any atom is 0.363 e. The van der Waals surface area contributed by atoms with E-state index in [0.717, 1.165) is 5.06 Å². The summed E-state index contributed by atoms with van der Waals surface area (Å²) in [7, 11) is -1.93. The number of hydroxylamine groups is 1. The van der Waals surface area contributed by atoms with Crippen LogP contribution in [0.2, 0.25) is 20.1 Å². The van der Waals surface area contributed by atoms with Gasteiger partial charge >= 0.3 is 5.91 Å². The van der Waals surface area contributed by atoms with E-state index < -0.39 is 16.9 Å². The Morgan fingerprint density at radius 3 is 2.18 bits per heavy atom. The van der Waals surface area contributed by atoms with Crippen molar-refractivity contribution in [2.45, 2.75) is 0 Å². The van der Waals surface area contributed by atoms with Crippen LogP contribution >= 0.6 is 46.4 Å². The van der Waals surface area contributed by atoms with Crippen LogP contribution in [0.15, 0.2) is 64.8 Å². The zero-order valence-electron chi connectivity index (χ0n) is 17.0. The van der Waals surface area contributed by atoms with Gasteiger partial charge in [0.15, 0.2) is 10.8 Å². The second-order valence-corrected chi connectivity index (χ2v) is 8.59. The highest BCUT2D eigenvalue weighted by atomic mass is 35.5. The number of benzene rings is 3. The summed E-state index contributed by atoms with van der Waals surface area (Å²) in [5.41, 5.74) is 0.223. The Morgan fingerprint density at radius 2 is 1.56 bits per heavy atom. The maximum atomic E-state index is 12.8. The van der Waals surface area contributed by atoms with E-state index in [4.69, 9.17) is 51.1 Å². The normalized spacial score (nSPS) is 10.5. The third kappa shape index (κ3) is 6.91. The molecule has 0 saturated carbocycles. The fourth-order valence-electron chi connectivity index (χ4n) is 2.58. The van der Waals surface area contributed by atoms with Crippen LogP contribution in [0, 0.1) is 0 Å². The van der Waals surface area contributed by atoms with E-state index >= 15 is 0 Å². The van der Waals surface area contributed by atoms with Gasteiger partial charge in [-0.15, -0.1) is 0 Å². The lowest BCUT2D eigenvalue weighted by molar-refractivity contribution is 0.0991. The van der Waals surface area contributed by atoms with Crippen molar-refractivity contribution < 1.29 is 22.2 Å². The number of ether oxygens (including phenoxy) is 1. The van der Waals surface area contributed by atoms with Gasteiger partial charge in [0.1, 0.15) is 11.5 Å². The van der Waals surface area contributed by atoms with Crippen LogP contribution in [0.4, 0.5) is 11.4 Å². The molecule has 0 fully saturated rings. The molecule has 0 heterocycles. The first-order valence-corrected chi connectivity index (χ1v) is 11.7. The number of amides is 1. The average molecular weight is 563 g/mol. The van der Waals surface area contributed by atoms with Gasteiger partial charge in [0.25, 0.3) is 11.0 Å². The maximum absolute atomic E-state index is 12.8.